The molecule has 7 heteroatoms. The van der Waals surface area contributed by atoms with Crippen molar-refractivity contribution in [1.82, 2.24) is 9.78 Å². The molecule has 1 amide bonds. The smallest absolute Gasteiger partial charge is 0.282 e. The summed E-state index contributed by atoms with van der Waals surface area (Å²) in [6.07, 6.45) is -1.49. The predicted molar refractivity (Wildman–Crippen MR) is 114 cm³/mol. The number of aromatic nitrogens is 2. The van der Waals surface area contributed by atoms with Crippen LogP contribution in [0.2, 0.25) is 0 Å². The van der Waals surface area contributed by atoms with E-state index in [0.717, 1.165) is 16.7 Å². The van der Waals surface area contributed by atoms with E-state index in [0.29, 0.717) is 10.2 Å². The van der Waals surface area contributed by atoms with Crippen LogP contribution in [-0.2, 0) is 4.55 Å². The van der Waals surface area contributed by atoms with Crippen LogP contribution < -0.4 is 5.32 Å². The summed E-state index contributed by atoms with van der Waals surface area (Å²) in [6, 6.07) is 14.8. The molecular formula is C21H16F2IN3O. The van der Waals surface area contributed by atoms with Crippen molar-refractivity contribution in [3.05, 3.63) is 71.5 Å². The van der Waals surface area contributed by atoms with E-state index in [1.54, 1.807) is 19.1 Å². The molecule has 0 radical (unpaired) electrons. The van der Waals surface area contributed by atoms with Crippen LogP contribution in [0.15, 0.2) is 54.7 Å². The highest BCUT2D eigenvalue weighted by Gasteiger charge is 2.23. The van der Waals surface area contributed by atoms with Gasteiger partial charge in [0.15, 0.2) is 0 Å². The Morgan fingerprint density at radius 3 is 2.57 bits per heavy atom. The van der Waals surface area contributed by atoms with Crippen LogP contribution in [0.3, 0.4) is 0 Å². The fraction of sp³-hybridized carbons (Fsp3) is 0.143. The summed E-state index contributed by atoms with van der Waals surface area (Å²) in [4.78, 5) is 12.7. The summed E-state index contributed by atoms with van der Waals surface area (Å²) in [5, 5.41) is 6.53. The molecule has 0 atom stereocenters. The molecule has 1 heterocycles. The van der Waals surface area contributed by atoms with Gasteiger partial charge in [-0.05, 0) is 30.7 Å². The molecule has 0 aliphatic heterocycles. The Labute approximate surface area is 175 Å². The number of alkyl halides is 3. The monoisotopic (exact) mass is 491 g/mol. The van der Waals surface area contributed by atoms with E-state index in [1.165, 1.54) is 10.9 Å². The number of nitrogens with zero attached hydrogens (tertiary/aromatic N) is 2. The summed E-state index contributed by atoms with van der Waals surface area (Å²) >= 11 is 1.99. The lowest BCUT2D eigenvalue weighted by atomic mass is 10.0. The topological polar surface area (TPSA) is 46.9 Å². The van der Waals surface area contributed by atoms with E-state index in [1.807, 2.05) is 59.0 Å². The van der Waals surface area contributed by atoms with Gasteiger partial charge in [0.2, 0.25) is 0 Å². The third-order valence-corrected chi connectivity index (χ3v) is 4.70. The molecular weight excluding hydrogens is 475 g/mol. The van der Waals surface area contributed by atoms with E-state index < -0.39 is 18.0 Å². The average Bonchev–Trinajstić information content (AvgIpc) is 3.14. The number of carbonyl (C=O) groups is 1. The Morgan fingerprint density at radius 1 is 1.21 bits per heavy atom. The molecule has 1 aromatic heterocycles. The summed E-state index contributed by atoms with van der Waals surface area (Å²) in [5.74, 6) is 5.20. The third-order valence-electron chi connectivity index (χ3n) is 4.00. The Kier molecular flexibility index (Phi) is 6.41. The zero-order valence-corrected chi connectivity index (χ0v) is 17.1. The van der Waals surface area contributed by atoms with E-state index in [4.69, 9.17) is 0 Å². The molecule has 28 heavy (non-hydrogen) atoms. The van der Waals surface area contributed by atoms with Crippen LogP contribution in [0.25, 0.3) is 11.1 Å². The van der Waals surface area contributed by atoms with Crippen molar-refractivity contribution in [3.8, 4) is 23.0 Å². The number of nitrogens with one attached hydrogen (secondary N) is 1. The quantitative estimate of drug-likeness (QED) is 0.291. The van der Waals surface area contributed by atoms with Crippen LogP contribution in [0.1, 0.15) is 35.0 Å². The fourth-order valence-corrected chi connectivity index (χ4v) is 3.09. The first-order chi connectivity index (χ1) is 13.5. The summed E-state index contributed by atoms with van der Waals surface area (Å²) in [5.41, 5.74) is 2.44. The second kappa shape index (κ2) is 8.97. The first-order valence-electron chi connectivity index (χ1n) is 8.38. The molecule has 0 bridgehead atoms. The number of anilines is 1. The maximum absolute atomic E-state index is 13.3. The van der Waals surface area contributed by atoms with Gasteiger partial charge < -0.3 is 5.32 Å². The maximum Gasteiger partial charge on any atom is 0.282 e. The van der Waals surface area contributed by atoms with Gasteiger partial charge in [-0.25, -0.2) is 8.78 Å². The van der Waals surface area contributed by atoms with Crippen molar-refractivity contribution in [1.29, 1.82) is 0 Å². The van der Waals surface area contributed by atoms with E-state index in [2.05, 4.69) is 22.3 Å². The lowest BCUT2D eigenvalue weighted by molar-refractivity contribution is 0.101. The molecule has 0 saturated carbocycles. The van der Waals surface area contributed by atoms with Crippen LogP contribution >= 0.6 is 22.6 Å². The lowest BCUT2D eigenvalue weighted by Crippen LogP contribution is -2.14. The normalized spacial score (nSPS) is 10.5. The largest absolute Gasteiger partial charge is 0.321 e. The molecule has 142 valence electrons. The molecule has 1 N–H and O–H groups in total. The van der Waals surface area contributed by atoms with Crippen LogP contribution in [-0.4, -0.2) is 15.7 Å². The van der Waals surface area contributed by atoms with Crippen molar-refractivity contribution in [2.75, 3.05) is 5.32 Å². The Bertz CT molecular complexity index is 1050. The van der Waals surface area contributed by atoms with Crippen molar-refractivity contribution >= 4 is 34.2 Å². The maximum atomic E-state index is 13.3. The summed E-state index contributed by atoms with van der Waals surface area (Å²) in [6.45, 7) is 1.77. The Hall–Kier alpha value is -2.73. The van der Waals surface area contributed by atoms with Crippen molar-refractivity contribution in [2.24, 2.45) is 0 Å². The SMILES string of the molecule is CC#Cc1ccc(-c2ccccc2NC(=O)c2cn(CI)nc2C(F)F)cc1. The number of amides is 1. The minimum Gasteiger partial charge on any atom is -0.321 e. The van der Waals surface area contributed by atoms with E-state index >= 15 is 0 Å². The lowest BCUT2D eigenvalue weighted by Gasteiger charge is -2.11. The van der Waals surface area contributed by atoms with Crippen LogP contribution in [0, 0.1) is 11.8 Å². The van der Waals surface area contributed by atoms with Crippen molar-refractivity contribution in [3.63, 3.8) is 0 Å². The van der Waals surface area contributed by atoms with E-state index in [9.17, 15) is 13.6 Å². The number of rotatable bonds is 5. The van der Waals surface area contributed by atoms with Gasteiger partial charge in [0.05, 0.1) is 10.1 Å². The molecule has 3 aromatic rings. The van der Waals surface area contributed by atoms with Crippen molar-refractivity contribution in [2.45, 2.75) is 17.9 Å². The summed E-state index contributed by atoms with van der Waals surface area (Å²) in [7, 11) is 0. The second-order valence-corrected chi connectivity index (χ2v) is 6.52. The molecule has 0 spiro atoms. The highest BCUT2D eigenvalue weighted by atomic mass is 127. The van der Waals surface area contributed by atoms with Crippen LogP contribution in [0.4, 0.5) is 14.5 Å². The zero-order chi connectivity index (χ0) is 20.1. The van der Waals surface area contributed by atoms with Gasteiger partial charge in [0.1, 0.15) is 5.69 Å². The first-order valence-corrected chi connectivity index (χ1v) is 9.91. The molecule has 2 aromatic carbocycles. The van der Waals surface area contributed by atoms with Crippen LogP contribution in [0.5, 0.6) is 0 Å². The van der Waals surface area contributed by atoms with Crippen molar-refractivity contribution < 1.29 is 13.6 Å². The van der Waals surface area contributed by atoms with E-state index in [-0.39, 0.29) is 5.56 Å². The molecule has 0 aliphatic carbocycles. The summed E-state index contributed by atoms with van der Waals surface area (Å²) < 4.78 is 28.2. The van der Waals surface area contributed by atoms with Gasteiger partial charge in [-0.15, -0.1) is 5.92 Å². The Balaban J connectivity index is 1.92. The van der Waals surface area contributed by atoms with Gasteiger partial charge >= 0.3 is 0 Å². The first kappa shape index (κ1) is 20.0. The minimum atomic E-state index is -2.83. The molecule has 3 rings (SSSR count). The number of hydrogen-bond donors (Lipinski definition) is 1. The zero-order valence-electron chi connectivity index (χ0n) is 14.9. The molecule has 0 unspecified atom stereocenters. The molecule has 0 saturated heterocycles. The number of halogens is 3. The van der Waals surface area contributed by atoms with Gasteiger partial charge in [-0.3, -0.25) is 9.48 Å². The fourth-order valence-electron chi connectivity index (χ4n) is 2.74. The number of carbonyl (C=O) groups excluding carboxylic acids is 1. The standard InChI is InChI=1S/C21H16F2IN3O/c1-2-5-14-8-10-15(11-9-14)16-6-3-4-7-18(16)25-21(28)17-12-27(13-24)26-19(17)20(22)23/h3-4,6-12,20H,13H2,1H3,(H,25,28). The van der Waals surface area contributed by atoms with Gasteiger partial charge in [-0.2, -0.15) is 5.10 Å². The van der Waals surface area contributed by atoms with Gasteiger partial charge in [-0.1, -0.05) is 58.8 Å². The van der Waals surface area contributed by atoms with Gasteiger partial charge in [0, 0.05) is 23.0 Å². The second-order valence-electron chi connectivity index (χ2n) is 5.84. The Morgan fingerprint density at radius 2 is 1.93 bits per heavy atom. The predicted octanol–water partition coefficient (Wildman–Crippen LogP) is 5.50. The van der Waals surface area contributed by atoms with Gasteiger partial charge in [0.25, 0.3) is 12.3 Å². The average molecular weight is 491 g/mol. The minimum absolute atomic E-state index is 0.130. The molecule has 4 nitrogen and oxygen atoms in total. The molecule has 0 aliphatic rings. The number of para-hydroxylation sites is 1. The highest BCUT2D eigenvalue weighted by Crippen LogP contribution is 2.29. The molecule has 0 fully saturated rings. The highest BCUT2D eigenvalue weighted by molar-refractivity contribution is 14.1. The third kappa shape index (κ3) is 4.39. The number of benzene rings is 2. The number of hydrogen-bond acceptors (Lipinski definition) is 2.